The highest BCUT2D eigenvalue weighted by Crippen LogP contribution is 2.15. The summed E-state index contributed by atoms with van der Waals surface area (Å²) >= 11 is 0. The van der Waals surface area contributed by atoms with E-state index in [9.17, 15) is 0 Å². The highest BCUT2D eigenvalue weighted by atomic mass is 15.1. The fourth-order valence-corrected chi connectivity index (χ4v) is 1.35. The molecule has 76 valence electrons. The molecule has 15 heavy (non-hydrogen) atoms. The fourth-order valence-electron chi connectivity index (χ4n) is 1.35. The van der Waals surface area contributed by atoms with Crippen molar-refractivity contribution in [3.8, 4) is 0 Å². The number of aromatic nitrogens is 2. The maximum Gasteiger partial charge on any atom is 0.0756 e. The molecule has 1 aromatic heterocycles. The van der Waals surface area contributed by atoms with Crippen LogP contribution >= 0.6 is 0 Å². The minimum atomic E-state index is 0.175. The molecule has 0 saturated heterocycles. The quantitative estimate of drug-likeness (QED) is 0.758. The van der Waals surface area contributed by atoms with Crippen molar-refractivity contribution in [1.82, 2.24) is 10.2 Å². The molecule has 3 nitrogen and oxygen atoms in total. The second kappa shape index (κ2) is 4.55. The van der Waals surface area contributed by atoms with Gasteiger partial charge < -0.3 is 0 Å². The number of nitrogens with one attached hydrogen (secondary N) is 1. The van der Waals surface area contributed by atoms with E-state index in [0.29, 0.717) is 0 Å². The summed E-state index contributed by atoms with van der Waals surface area (Å²) in [6, 6.07) is 12.3. The summed E-state index contributed by atoms with van der Waals surface area (Å²) < 4.78 is 0. The van der Waals surface area contributed by atoms with Gasteiger partial charge in [0.05, 0.1) is 11.7 Å². The minimum Gasteiger partial charge on any atom is -0.283 e. The molecule has 1 atom stereocenters. The molecule has 0 bridgehead atoms. The van der Waals surface area contributed by atoms with Crippen LogP contribution in [0.3, 0.4) is 0 Å². The van der Waals surface area contributed by atoms with Crippen LogP contribution < -0.4 is 0 Å². The average Bonchev–Trinajstić information content (AvgIpc) is 2.80. The van der Waals surface area contributed by atoms with Crippen molar-refractivity contribution in [1.29, 1.82) is 0 Å². The van der Waals surface area contributed by atoms with Crippen LogP contribution in [0.2, 0.25) is 0 Å². The van der Waals surface area contributed by atoms with Crippen molar-refractivity contribution in [2.75, 3.05) is 0 Å². The summed E-state index contributed by atoms with van der Waals surface area (Å²) in [6.07, 6.45) is 3.53. The molecule has 0 aliphatic heterocycles. The molecule has 0 spiro atoms. The number of rotatable bonds is 3. The number of aromatic amines is 1. The van der Waals surface area contributed by atoms with Gasteiger partial charge in [0, 0.05) is 12.4 Å². The Morgan fingerprint density at radius 2 is 2.07 bits per heavy atom. The van der Waals surface area contributed by atoms with E-state index in [2.05, 4.69) is 34.2 Å². The van der Waals surface area contributed by atoms with Crippen molar-refractivity contribution in [2.45, 2.75) is 13.0 Å². The smallest absolute Gasteiger partial charge is 0.0756 e. The number of H-pyrrole nitrogens is 1. The molecule has 1 heterocycles. The van der Waals surface area contributed by atoms with Gasteiger partial charge in [0.2, 0.25) is 0 Å². The average molecular weight is 199 g/mol. The van der Waals surface area contributed by atoms with Crippen molar-refractivity contribution >= 4 is 6.21 Å². The van der Waals surface area contributed by atoms with Gasteiger partial charge in [-0.05, 0) is 18.6 Å². The van der Waals surface area contributed by atoms with Crippen LogP contribution in [-0.2, 0) is 0 Å². The van der Waals surface area contributed by atoms with Gasteiger partial charge in [0.15, 0.2) is 0 Å². The number of hydrogen-bond acceptors (Lipinski definition) is 2. The first-order valence-corrected chi connectivity index (χ1v) is 4.94. The van der Waals surface area contributed by atoms with Crippen LogP contribution in [0.4, 0.5) is 0 Å². The first-order valence-electron chi connectivity index (χ1n) is 4.94. The third kappa shape index (κ3) is 2.53. The van der Waals surface area contributed by atoms with E-state index in [1.807, 2.05) is 30.5 Å². The highest BCUT2D eigenvalue weighted by Gasteiger charge is 2.00. The molecule has 1 aromatic carbocycles. The topological polar surface area (TPSA) is 41.0 Å². The molecule has 3 heteroatoms. The van der Waals surface area contributed by atoms with Gasteiger partial charge in [0.25, 0.3) is 0 Å². The maximum atomic E-state index is 4.44. The molecule has 0 saturated carbocycles. The lowest BCUT2D eigenvalue weighted by Crippen LogP contribution is -1.90. The summed E-state index contributed by atoms with van der Waals surface area (Å²) in [5, 5.41) is 6.70. The van der Waals surface area contributed by atoms with Gasteiger partial charge in [-0.3, -0.25) is 10.1 Å². The SMILES string of the molecule is C[C@@H](N=Cc1ccn[nH]1)c1ccccc1. The Labute approximate surface area is 88.9 Å². The maximum absolute atomic E-state index is 4.44. The van der Waals surface area contributed by atoms with Crippen molar-refractivity contribution in [2.24, 2.45) is 4.99 Å². The van der Waals surface area contributed by atoms with Gasteiger partial charge in [-0.15, -0.1) is 0 Å². The molecule has 2 aromatic rings. The molecule has 1 N–H and O–H groups in total. The molecule has 2 rings (SSSR count). The summed E-state index contributed by atoms with van der Waals surface area (Å²) in [6.45, 7) is 2.07. The Bertz CT molecular complexity index is 417. The monoisotopic (exact) mass is 199 g/mol. The predicted molar refractivity (Wildman–Crippen MR) is 61.0 cm³/mol. The zero-order valence-corrected chi connectivity index (χ0v) is 8.59. The summed E-state index contributed by atoms with van der Waals surface area (Å²) in [4.78, 5) is 4.44. The lowest BCUT2D eigenvalue weighted by atomic mass is 10.1. The van der Waals surface area contributed by atoms with E-state index in [0.717, 1.165) is 5.69 Å². The molecule has 0 fully saturated rings. The van der Waals surface area contributed by atoms with Crippen LogP contribution in [0, 0.1) is 0 Å². The Balaban J connectivity index is 2.07. The van der Waals surface area contributed by atoms with Gasteiger partial charge >= 0.3 is 0 Å². The number of nitrogens with zero attached hydrogens (tertiary/aromatic N) is 2. The standard InChI is InChI=1S/C12H13N3/c1-10(11-5-3-2-4-6-11)13-9-12-7-8-14-15-12/h2-10H,1H3,(H,14,15)/t10-/m1/s1. The normalized spacial score (nSPS) is 13.1. The molecule has 0 aliphatic rings. The van der Waals surface area contributed by atoms with E-state index in [1.54, 1.807) is 6.20 Å². The van der Waals surface area contributed by atoms with Crippen LogP contribution in [0.25, 0.3) is 0 Å². The number of aliphatic imine (C=N–C) groups is 1. The Morgan fingerprint density at radius 3 is 2.73 bits per heavy atom. The van der Waals surface area contributed by atoms with E-state index < -0.39 is 0 Å². The molecular weight excluding hydrogens is 186 g/mol. The first-order chi connectivity index (χ1) is 7.36. The van der Waals surface area contributed by atoms with Gasteiger partial charge in [-0.25, -0.2) is 0 Å². The zero-order chi connectivity index (χ0) is 10.5. The third-order valence-electron chi connectivity index (χ3n) is 2.24. The Kier molecular flexibility index (Phi) is 2.93. The second-order valence-electron chi connectivity index (χ2n) is 3.38. The summed E-state index contributed by atoms with van der Waals surface area (Å²) in [5.41, 5.74) is 2.14. The zero-order valence-electron chi connectivity index (χ0n) is 8.59. The van der Waals surface area contributed by atoms with E-state index in [1.165, 1.54) is 5.56 Å². The van der Waals surface area contributed by atoms with Gasteiger partial charge in [0.1, 0.15) is 0 Å². The van der Waals surface area contributed by atoms with Gasteiger partial charge in [-0.1, -0.05) is 30.3 Å². The van der Waals surface area contributed by atoms with Crippen LogP contribution in [0.15, 0.2) is 47.6 Å². The Hall–Kier alpha value is -1.90. The molecule has 0 radical (unpaired) electrons. The highest BCUT2D eigenvalue weighted by molar-refractivity contribution is 5.76. The van der Waals surface area contributed by atoms with Crippen LogP contribution in [0.5, 0.6) is 0 Å². The van der Waals surface area contributed by atoms with Crippen molar-refractivity contribution < 1.29 is 0 Å². The van der Waals surface area contributed by atoms with Crippen LogP contribution in [0.1, 0.15) is 24.2 Å². The van der Waals surface area contributed by atoms with Crippen LogP contribution in [-0.4, -0.2) is 16.4 Å². The van der Waals surface area contributed by atoms with E-state index >= 15 is 0 Å². The van der Waals surface area contributed by atoms with E-state index in [-0.39, 0.29) is 6.04 Å². The van der Waals surface area contributed by atoms with Crippen molar-refractivity contribution in [3.05, 3.63) is 53.9 Å². The minimum absolute atomic E-state index is 0.175. The van der Waals surface area contributed by atoms with Gasteiger partial charge in [-0.2, -0.15) is 5.10 Å². The molecule has 0 unspecified atom stereocenters. The molecule has 0 aliphatic carbocycles. The molecule has 0 amide bonds. The van der Waals surface area contributed by atoms with E-state index in [4.69, 9.17) is 0 Å². The predicted octanol–water partition coefficient (Wildman–Crippen LogP) is 2.59. The number of benzene rings is 1. The Morgan fingerprint density at radius 1 is 1.27 bits per heavy atom. The lowest BCUT2D eigenvalue weighted by molar-refractivity contribution is 0.824. The molecular formula is C12H13N3. The first kappa shape index (κ1) is 9.65. The lowest BCUT2D eigenvalue weighted by Gasteiger charge is -2.04. The summed E-state index contributed by atoms with van der Waals surface area (Å²) in [7, 11) is 0. The summed E-state index contributed by atoms with van der Waals surface area (Å²) in [5.74, 6) is 0. The third-order valence-corrected chi connectivity index (χ3v) is 2.24. The van der Waals surface area contributed by atoms with Crippen molar-refractivity contribution in [3.63, 3.8) is 0 Å². The largest absolute Gasteiger partial charge is 0.283 e. The number of hydrogen-bond donors (Lipinski definition) is 1. The second-order valence-corrected chi connectivity index (χ2v) is 3.38. The fraction of sp³-hybridized carbons (Fsp3) is 0.167.